The lowest BCUT2D eigenvalue weighted by Crippen LogP contribution is -2.20. The molecule has 0 unspecified atom stereocenters. The molecule has 1 aromatic carbocycles. The van der Waals surface area contributed by atoms with Crippen molar-refractivity contribution >= 4 is 34.1 Å². The molecule has 1 aromatic heterocycles. The van der Waals surface area contributed by atoms with Crippen LogP contribution in [0.1, 0.15) is 11.3 Å². The quantitative estimate of drug-likeness (QED) is 0.656. The van der Waals surface area contributed by atoms with E-state index in [1.54, 1.807) is 6.21 Å². The van der Waals surface area contributed by atoms with Crippen LogP contribution in [-0.2, 0) is 18.3 Å². The Morgan fingerprint density at radius 2 is 2.05 bits per heavy atom. The van der Waals surface area contributed by atoms with E-state index in [9.17, 15) is 4.79 Å². The fraction of sp³-hybridized carbons (Fsp3) is 0.125. The second-order valence-corrected chi connectivity index (χ2v) is 5.44. The standard InChI is InChI=1S/C16H16BrN3O/c1-20-9-5-8-15(20)11-16(21)19-18-12-14(17)10-13-6-3-2-4-7-13/h2-10,12H,11H2,1H3,(H,19,21). The van der Waals surface area contributed by atoms with Gasteiger partial charge in [0, 0.05) is 23.4 Å². The lowest BCUT2D eigenvalue weighted by Gasteiger charge is -2.01. The van der Waals surface area contributed by atoms with Crippen molar-refractivity contribution in [1.82, 2.24) is 9.99 Å². The molecule has 0 fully saturated rings. The molecule has 0 aliphatic carbocycles. The fourth-order valence-electron chi connectivity index (χ4n) is 1.80. The molecule has 108 valence electrons. The second kappa shape index (κ2) is 7.59. The van der Waals surface area contributed by atoms with E-state index in [1.807, 2.05) is 66.4 Å². The number of hydrazone groups is 1. The second-order valence-electron chi connectivity index (χ2n) is 4.52. The number of hydrogen-bond acceptors (Lipinski definition) is 2. The topological polar surface area (TPSA) is 46.4 Å². The maximum Gasteiger partial charge on any atom is 0.245 e. The molecule has 0 atom stereocenters. The maximum absolute atomic E-state index is 11.7. The van der Waals surface area contributed by atoms with Gasteiger partial charge in [-0.1, -0.05) is 30.3 Å². The van der Waals surface area contributed by atoms with Crippen LogP contribution in [0.3, 0.4) is 0 Å². The lowest BCUT2D eigenvalue weighted by molar-refractivity contribution is -0.120. The Morgan fingerprint density at radius 3 is 2.71 bits per heavy atom. The molecule has 4 nitrogen and oxygen atoms in total. The van der Waals surface area contributed by atoms with Gasteiger partial charge in [0.25, 0.3) is 0 Å². The zero-order valence-corrected chi connectivity index (χ0v) is 13.2. The summed E-state index contributed by atoms with van der Waals surface area (Å²) in [5.41, 5.74) is 4.52. The summed E-state index contributed by atoms with van der Waals surface area (Å²) in [4.78, 5) is 11.7. The number of aryl methyl sites for hydroxylation is 1. The van der Waals surface area contributed by atoms with Crippen LogP contribution in [0, 0.1) is 0 Å². The third-order valence-corrected chi connectivity index (χ3v) is 3.31. The number of carbonyl (C=O) groups excluding carboxylic acids is 1. The minimum Gasteiger partial charge on any atom is -0.354 e. The zero-order valence-electron chi connectivity index (χ0n) is 11.7. The van der Waals surface area contributed by atoms with Crippen LogP contribution in [0.15, 0.2) is 58.2 Å². The van der Waals surface area contributed by atoms with Crippen LogP contribution in [0.25, 0.3) is 6.08 Å². The summed E-state index contributed by atoms with van der Waals surface area (Å²) in [6.07, 6.45) is 5.70. The summed E-state index contributed by atoms with van der Waals surface area (Å²) < 4.78 is 2.70. The molecule has 1 N–H and O–H groups in total. The highest BCUT2D eigenvalue weighted by molar-refractivity contribution is 9.12. The zero-order chi connectivity index (χ0) is 15.1. The first-order valence-electron chi connectivity index (χ1n) is 6.49. The van der Waals surface area contributed by atoms with E-state index in [-0.39, 0.29) is 5.91 Å². The van der Waals surface area contributed by atoms with E-state index in [0.29, 0.717) is 6.42 Å². The van der Waals surface area contributed by atoms with Gasteiger partial charge in [0.1, 0.15) is 0 Å². The van der Waals surface area contributed by atoms with Gasteiger partial charge < -0.3 is 4.57 Å². The SMILES string of the molecule is Cn1cccc1CC(=O)NN=CC(Br)=Cc1ccccc1. The average Bonchev–Trinajstić information content (AvgIpc) is 2.85. The largest absolute Gasteiger partial charge is 0.354 e. The molecule has 21 heavy (non-hydrogen) atoms. The number of nitrogens with zero attached hydrogens (tertiary/aromatic N) is 2. The number of carbonyl (C=O) groups is 1. The Morgan fingerprint density at radius 1 is 1.29 bits per heavy atom. The molecular formula is C16H16BrN3O. The van der Waals surface area contributed by atoms with Gasteiger partial charge in [0.2, 0.25) is 5.91 Å². The first-order chi connectivity index (χ1) is 10.1. The van der Waals surface area contributed by atoms with Crippen molar-refractivity contribution < 1.29 is 4.79 Å². The number of halogens is 1. The van der Waals surface area contributed by atoms with E-state index >= 15 is 0 Å². The maximum atomic E-state index is 11.7. The molecule has 2 aromatic rings. The molecule has 2 rings (SSSR count). The van der Waals surface area contributed by atoms with Crippen LogP contribution >= 0.6 is 15.9 Å². The Kier molecular flexibility index (Phi) is 5.51. The summed E-state index contributed by atoms with van der Waals surface area (Å²) in [6, 6.07) is 13.7. The van der Waals surface area contributed by atoms with E-state index in [1.165, 1.54) is 0 Å². The third kappa shape index (κ3) is 5.04. The third-order valence-electron chi connectivity index (χ3n) is 2.87. The van der Waals surface area contributed by atoms with Crippen molar-refractivity contribution in [3.05, 3.63) is 64.4 Å². The summed E-state index contributed by atoms with van der Waals surface area (Å²) in [7, 11) is 1.91. The minimum absolute atomic E-state index is 0.145. The Hall–Kier alpha value is -2.14. The molecule has 1 heterocycles. The highest BCUT2D eigenvalue weighted by Crippen LogP contribution is 2.09. The Labute approximate surface area is 132 Å². The van der Waals surface area contributed by atoms with E-state index < -0.39 is 0 Å². The van der Waals surface area contributed by atoms with Crippen LogP contribution in [0.2, 0.25) is 0 Å². The van der Waals surface area contributed by atoms with E-state index in [2.05, 4.69) is 26.5 Å². The number of rotatable bonds is 5. The summed E-state index contributed by atoms with van der Waals surface area (Å²) >= 11 is 3.39. The van der Waals surface area contributed by atoms with Crippen molar-refractivity contribution in [3.63, 3.8) is 0 Å². The molecule has 0 spiro atoms. The first-order valence-corrected chi connectivity index (χ1v) is 7.29. The van der Waals surface area contributed by atoms with Crippen molar-refractivity contribution in [2.45, 2.75) is 6.42 Å². The van der Waals surface area contributed by atoms with Gasteiger partial charge in [-0.15, -0.1) is 0 Å². The first kappa shape index (κ1) is 15.3. The highest BCUT2D eigenvalue weighted by atomic mass is 79.9. The molecule has 0 aliphatic rings. The summed E-state index contributed by atoms with van der Waals surface area (Å²) in [5.74, 6) is -0.145. The predicted octanol–water partition coefficient (Wildman–Crippen LogP) is 3.11. The smallest absolute Gasteiger partial charge is 0.245 e. The number of allylic oxidation sites excluding steroid dienone is 1. The molecule has 5 heteroatoms. The van der Waals surface area contributed by atoms with Crippen LogP contribution in [0.5, 0.6) is 0 Å². The molecular weight excluding hydrogens is 330 g/mol. The number of amides is 1. The number of aromatic nitrogens is 1. The van der Waals surface area contributed by atoms with Gasteiger partial charge in [-0.2, -0.15) is 5.10 Å². The van der Waals surface area contributed by atoms with E-state index in [0.717, 1.165) is 15.7 Å². The fourth-order valence-corrected chi connectivity index (χ4v) is 2.16. The monoisotopic (exact) mass is 345 g/mol. The van der Waals surface area contributed by atoms with Gasteiger partial charge >= 0.3 is 0 Å². The minimum atomic E-state index is -0.145. The van der Waals surface area contributed by atoms with Gasteiger partial charge in [-0.05, 0) is 39.7 Å². The number of hydrogen-bond donors (Lipinski definition) is 1. The van der Waals surface area contributed by atoms with Gasteiger partial charge in [0.05, 0.1) is 12.6 Å². The molecule has 0 saturated heterocycles. The number of nitrogens with one attached hydrogen (secondary N) is 1. The molecule has 1 amide bonds. The van der Waals surface area contributed by atoms with Gasteiger partial charge in [-0.25, -0.2) is 5.43 Å². The van der Waals surface area contributed by atoms with Crippen molar-refractivity contribution in [1.29, 1.82) is 0 Å². The van der Waals surface area contributed by atoms with Gasteiger partial charge in [0.15, 0.2) is 0 Å². The molecule has 0 aliphatic heterocycles. The molecule has 0 bridgehead atoms. The summed E-state index contributed by atoms with van der Waals surface area (Å²) in [6.45, 7) is 0. The van der Waals surface area contributed by atoms with Crippen molar-refractivity contribution in [2.75, 3.05) is 0 Å². The van der Waals surface area contributed by atoms with E-state index in [4.69, 9.17) is 0 Å². The van der Waals surface area contributed by atoms with Crippen LogP contribution in [0.4, 0.5) is 0 Å². The normalized spacial score (nSPS) is 11.8. The molecule has 0 saturated carbocycles. The van der Waals surface area contributed by atoms with Crippen molar-refractivity contribution in [3.8, 4) is 0 Å². The summed E-state index contributed by atoms with van der Waals surface area (Å²) in [5, 5.41) is 3.93. The Balaban J connectivity index is 1.86. The molecule has 0 radical (unpaired) electrons. The Bertz CT molecular complexity index is 659. The van der Waals surface area contributed by atoms with Gasteiger partial charge in [-0.3, -0.25) is 4.79 Å². The average molecular weight is 346 g/mol. The van der Waals surface area contributed by atoms with Crippen molar-refractivity contribution in [2.24, 2.45) is 12.1 Å². The highest BCUT2D eigenvalue weighted by Gasteiger charge is 2.04. The van der Waals surface area contributed by atoms with Crippen LogP contribution < -0.4 is 5.43 Å². The predicted molar refractivity (Wildman–Crippen MR) is 89.1 cm³/mol. The van der Waals surface area contributed by atoms with Crippen LogP contribution in [-0.4, -0.2) is 16.7 Å². The number of benzene rings is 1. The lowest BCUT2D eigenvalue weighted by atomic mass is 10.2.